The molecule has 0 N–H and O–H groups in total. The quantitative estimate of drug-likeness (QED) is 0.283. The van der Waals surface area contributed by atoms with Crippen molar-refractivity contribution in [2.75, 3.05) is 0 Å². The molecule has 0 aromatic carbocycles. The molecule has 0 aliphatic heterocycles. The molecule has 3 aliphatic rings. The summed E-state index contributed by atoms with van der Waals surface area (Å²) in [5.41, 5.74) is 1.66. The summed E-state index contributed by atoms with van der Waals surface area (Å²) >= 11 is 0. The largest absolute Gasteiger partial charge is 0.300 e. The Morgan fingerprint density at radius 1 is 0.970 bits per heavy atom. The molecule has 190 valence electrons. The second kappa shape index (κ2) is 11.9. The lowest BCUT2D eigenvalue weighted by molar-refractivity contribution is -0.118. The van der Waals surface area contributed by atoms with E-state index in [4.69, 9.17) is 0 Å². The monoisotopic (exact) mass is 456 g/mol. The first-order valence-electron chi connectivity index (χ1n) is 14.8. The zero-order chi connectivity index (χ0) is 24.3. The van der Waals surface area contributed by atoms with Gasteiger partial charge in [-0.2, -0.15) is 0 Å². The van der Waals surface area contributed by atoms with E-state index >= 15 is 0 Å². The van der Waals surface area contributed by atoms with E-state index in [2.05, 4.69) is 54.5 Å². The lowest BCUT2D eigenvalue weighted by atomic mass is 9.56. The third-order valence-corrected chi connectivity index (χ3v) is 11.0. The SMILES string of the molecule is CCC(CC(C)=O)CC1C(C)=CC2C(CCC3C(C(C)CCC(CC)C(C)C)CCC23)C1C. The predicted molar refractivity (Wildman–Crippen MR) is 143 cm³/mol. The van der Waals surface area contributed by atoms with Gasteiger partial charge in [-0.3, -0.25) is 0 Å². The van der Waals surface area contributed by atoms with Gasteiger partial charge in [-0.15, -0.1) is 0 Å². The van der Waals surface area contributed by atoms with Crippen LogP contribution >= 0.6 is 0 Å². The van der Waals surface area contributed by atoms with E-state index < -0.39 is 0 Å². The van der Waals surface area contributed by atoms with Crippen molar-refractivity contribution >= 4 is 5.78 Å². The van der Waals surface area contributed by atoms with Crippen LogP contribution in [0.5, 0.6) is 0 Å². The maximum atomic E-state index is 11.8. The first-order valence-corrected chi connectivity index (χ1v) is 14.8. The molecule has 0 spiro atoms. The standard InChI is InChI=1S/C32H56O/c1-9-25(18-23(7)33)19-31-22(6)17-32-28(24(31)8)14-16-29-27(13-15-30(29)32)21(5)11-12-26(10-2)20(3)4/h17,20-21,24-32H,9-16,18-19H2,1-8H3. The van der Waals surface area contributed by atoms with Crippen molar-refractivity contribution in [3.63, 3.8) is 0 Å². The van der Waals surface area contributed by atoms with Crippen molar-refractivity contribution in [1.82, 2.24) is 0 Å². The Labute approximate surface area is 207 Å². The molecule has 3 aliphatic carbocycles. The highest BCUT2D eigenvalue weighted by atomic mass is 16.1. The molecule has 1 heteroatoms. The highest BCUT2D eigenvalue weighted by molar-refractivity contribution is 5.75. The number of fused-ring (bicyclic) bond motifs is 3. The average Bonchev–Trinajstić information content (AvgIpc) is 3.20. The Hall–Kier alpha value is -0.590. The molecular weight excluding hydrogens is 400 g/mol. The molecular formula is C32H56O. The zero-order valence-corrected chi connectivity index (χ0v) is 23.4. The molecule has 0 bridgehead atoms. The summed E-state index contributed by atoms with van der Waals surface area (Å²) in [4.78, 5) is 11.8. The zero-order valence-electron chi connectivity index (χ0n) is 23.4. The van der Waals surface area contributed by atoms with Gasteiger partial charge in [-0.1, -0.05) is 72.5 Å². The number of rotatable bonds is 11. The van der Waals surface area contributed by atoms with Gasteiger partial charge in [0.15, 0.2) is 0 Å². The van der Waals surface area contributed by atoms with E-state index in [1.807, 2.05) is 0 Å². The number of hydrogen-bond donors (Lipinski definition) is 0. The number of carbonyl (C=O) groups is 1. The lowest BCUT2D eigenvalue weighted by Gasteiger charge is -2.49. The molecule has 1 nitrogen and oxygen atoms in total. The highest BCUT2D eigenvalue weighted by Crippen LogP contribution is 2.58. The van der Waals surface area contributed by atoms with E-state index in [1.165, 1.54) is 51.4 Å². The summed E-state index contributed by atoms with van der Waals surface area (Å²) in [6.45, 7) is 18.8. The number of hydrogen-bond acceptors (Lipinski definition) is 1. The third-order valence-electron chi connectivity index (χ3n) is 11.0. The topological polar surface area (TPSA) is 17.1 Å². The average molecular weight is 457 g/mol. The first-order chi connectivity index (χ1) is 15.7. The molecule has 33 heavy (non-hydrogen) atoms. The van der Waals surface area contributed by atoms with Gasteiger partial charge in [0.25, 0.3) is 0 Å². The van der Waals surface area contributed by atoms with E-state index in [-0.39, 0.29) is 0 Å². The van der Waals surface area contributed by atoms with Crippen LogP contribution < -0.4 is 0 Å². The number of Topliss-reactive ketones (excluding diaryl/α,β-unsaturated/α-hetero) is 1. The van der Waals surface area contributed by atoms with E-state index in [9.17, 15) is 4.79 Å². The van der Waals surface area contributed by atoms with Crippen molar-refractivity contribution in [3.8, 4) is 0 Å². The maximum absolute atomic E-state index is 11.8. The maximum Gasteiger partial charge on any atom is 0.130 e. The molecule has 0 saturated heterocycles. The smallest absolute Gasteiger partial charge is 0.130 e. The molecule has 3 rings (SSSR count). The summed E-state index contributed by atoms with van der Waals surface area (Å²) in [7, 11) is 0. The molecule has 10 atom stereocenters. The molecule has 2 fully saturated rings. The molecule has 0 aromatic heterocycles. The number of ketones is 1. The van der Waals surface area contributed by atoms with E-state index in [0.29, 0.717) is 17.6 Å². The lowest BCUT2D eigenvalue weighted by Crippen LogP contribution is -2.42. The van der Waals surface area contributed by atoms with Crippen LogP contribution in [0.4, 0.5) is 0 Å². The van der Waals surface area contributed by atoms with Gasteiger partial charge in [0.05, 0.1) is 0 Å². The summed E-state index contributed by atoms with van der Waals surface area (Å²) in [6.07, 6.45) is 16.0. The van der Waals surface area contributed by atoms with E-state index in [1.54, 1.807) is 12.5 Å². The second-order valence-corrected chi connectivity index (χ2v) is 13.1. The summed E-state index contributed by atoms with van der Waals surface area (Å²) in [5, 5.41) is 0. The van der Waals surface area contributed by atoms with Crippen LogP contribution in [0.3, 0.4) is 0 Å². The highest BCUT2D eigenvalue weighted by Gasteiger charge is 2.50. The van der Waals surface area contributed by atoms with Crippen molar-refractivity contribution in [2.24, 2.45) is 65.1 Å². The Morgan fingerprint density at radius 3 is 2.24 bits per heavy atom. The van der Waals surface area contributed by atoms with Crippen molar-refractivity contribution in [2.45, 2.75) is 120 Å². The molecule has 0 radical (unpaired) electrons. The Morgan fingerprint density at radius 2 is 1.64 bits per heavy atom. The summed E-state index contributed by atoms with van der Waals surface area (Å²) in [6, 6.07) is 0. The van der Waals surface area contributed by atoms with Crippen LogP contribution in [0.15, 0.2) is 11.6 Å². The fraction of sp³-hybridized carbons (Fsp3) is 0.906. The Kier molecular flexibility index (Phi) is 9.74. The van der Waals surface area contributed by atoms with Crippen molar-refractivity contribution in [3.05, 3.63) is 11.6 Å². The third kappa shape index (κ3) is 6.16. The Bertz CT molecular complexity index is 659. The molecule has 0 heterocycles. The van der Waals surface area contributed by atoms with Crippen molar-refractivity contribution < 1.29 is 4.79 Å². The molecule has 0 amide bonds. The molecule has 2 saturated carbocycles. The fourth-order valence-corrected chi connectivity index (χ4v) is 8.90. The van der Waals surface area contributed by atoms with E-state index in [0.717, 1.165) is 66.1 Å². The van der Waals surface area contributed by atoms with Gasteiger partial charge in [0.1, 0.15) is 5.78 Å². The van der Waals surface area contributed by atoms with Crippen LogP contribution in [0.2, 0.25) is 0 Å². The minimum atomic E-state index is 0.370. The molecule has 10 unspecified atom stereocenters. The van der Waals surface area contributed by atoms with Gasteiger partial charge >= 0.3 is 0 Å². The second-order valence-electron chi connectivity index (χ2n) is 13.1. The predicted octanol–water partition coefficient (Wildman–Crippen LogP) is 9.36. The van der Waals surface area contributed by atoms with Crippen LogP contribution in [-0.2, 0) is 4.79 Å². The van der Waals surface area contributed by atoms with Gasteiger partial charge < -0.3 is 4.79 Å². The molecule has 0 aromatic rings. The number of allylic oxidation sites excluding steroid dienone is 2. The Balaban J connectivity index is 1.66. The van der Waals surface area contributed by atoms with Crippen LogP contribution in [-0.4, -0.2) is 5.78 Å². The number of carbonyl (C=O) groups excluding carboxylic acids is 1. The van der Waals surface area contributed by atoms with Crippen LogP contribution in [0.25, 0.3) is 0 Å². The summed E-state index contributed by atoms with van der Waals surface area (Å²) < 4.78 is 0. The van der Waals surface area contributed by atoms with Gasteiger partial charge in [-0.25, -0.2) is 0 Å². The fourth-order valence-electron chi connectivity index (χ4n) is 8.90. The van der Waals surface area contributed by atoms with Gasteiger partial charge in [0.2, 0.25) is 0 Å². The summed E-state index contributed by atoms with van der Waals surface area (Å²) in [5.74, 6) is 9.69. The minimum absolute atomic E-state index is 0.370. The van der Waals surface area contributed by atoms with Gasteiger partial charge in [-0.05, 0) is 117 Å². The van der Waals surface area contributed by atoms with Crippen LogP contribution in [0, 0.1) is 65.1 Å². The van der Waals surface area contributed by atoms with Crippen molar-refractivity contribution in [1.29, 1.82) is 0 Å². The van der Waals surface area contributed by atoms with Crippen LogP contribution in [0.1, 0.15) is 120 Å². The minimum Gasteiger partial charge on any atom is -0.300 e. The first kappa shape index (κ1) is 27.0. The van der Waals surface area contributed by atoms with Gasteiger partial charge in [0, 0.05) is 6.42 Å². The normalized spacial score (nSPS) is 36.6.